The molecule has 3 N–H and O–H groups in total. The largest absolute Gasteiger partial charge is 0.486 e. The van der Waals surface area contributed by atoms with Crippen molar-refractivity contribution in [1.82, 2.24) is 29.7 Å². The molecule has 0 radical (unpaired) electrons. The Balaban J connectivity index is 0.728. The Morgan fingerprint density at radius 2 is 1.82 bits per heavy atom. The van der Waals surface area contributed by atoms with Crippen molar-refractivity contribution in [2.45, 2.75) is 69.9 Å². The van der Waals surface area contributed by atoms with Gasteiger partial charge in [0.15, 0.2) is 5.65 Å². The molecule has 5 aliphatic heterocycles. The van der Waals surface area contributed by atoms with Gasteiger partial charge in [-0.25, -0.2) is 9.50 Å². The highest BCUT2D eigenvalue weighted by Gasteiger charge is 2.48. The molecular formula is C44H49N9O7. The van der Waals surface area contributed by atoms with Crippen LogP contribution in [0.5, 0.6) is 5.75 Å². The van der Waals surface area contributed by atoms with Gasteiger partial charge in [0.1, 0.15) is 23.0 Å². The zero-order chi connectivity index (χ0) is 41.2. The Hall–Kier alpha value is -5.87. The highest BCUT2D eigenvalue weighted by Crippen LogP contribution is 2.54. The molecular weight excluding hydrogens is 767 g/mol. The van der Waals surface area contributed by atoms with Crippen LogP contribution in [0.4, 0.5) is 17.1 Å². The zero-order valence-corrected chi connectivity index (χ0v) is 33.7. The SMILES string of the molecule is C[C@]1(CN2CCC3(CC2)CC(CCNc2cccc4c2C(=O)N(C2CCC(=O)NC2=O)C4=O)C3)Cc2cc(NC(=O)c3cnn4cccnc34)c(N3CCOCC3)cc2O1. The van der Waals surface area contributed by atoms with E-state index in [2.05, 4.69) is 54.9 Å². The number of nitrogens with one attached hydrogen (secondary N) is 3. The number of benzene rings is 2. The maximum atomic E-state index is 13.6. The molecule has 60 heavy (non-hydrogen) atoms. The average molecular weight is 816 g/mol. The fourth-order valence-corrected chi connectivity index (χ4v) is 10.5. The third-order valence-corrected chi connectivity index (χ3v) is 13.5. The van der Waals surface area contributed by atoms with E-state index in [1.807, 2.05) is 6.07 Å². The van der Waals surface area contributed by atoms with Gasteiger partial charge in [0.2, 0.25) is 11.8 Å². The van der Waals surface area contributed by atoms with E-state index in [-0.39, 0.29) is 24.3 Å². The Morgan fingerprint density at radius 3 is 2.62 bits per heavy atom. The van der Waals surface area contributed by atoms with Gasteiger partial charge < -0.3 is 25.0 Å². The smallest absolute Gasteiger partial charge is 0.264 e. The molecule has 2 atom stereocenters. The fraction of sp³-hybridized carbons (Fsp3) is 0.477. The number of amides is 5. The van der Waals surface area contributed by atoms with Crippen LogP contribution in [-0.4, -0.2) is 118 Å². The molecule has 4 aromatic rings. The molecule has 1 aliphatic carbocycles. The molecule has 2 aromatic heterocycles. The van der Waals surface area contributed by atoms with Gasteiger partial charge in [-0.05, 0) is 94.1 Å². The number of hydrogen-bond donors (Lipinski definition) is 3. The first kappa shape index (κ1) is 38.3. The molecule has 1 spiro atoms. The first-order valence-corrected chi connectivity index (χ1v) is 21.1. The van der Waals surface area contributed by atoms with Gasteiger partial charge in [-0.15, -0.1) is 0 Å². The number of piperidine rings is 2. The molecule has 16 heteroatoms. The van der Waals surface area contributed by atoms with Crippen molar-refractivity contribution in [3.63, 3.8) is 0 Å². The van der Waals surface area contributed by atoms with Gasteiger partial charge >= 0.3 is 0 Å². The van der Waals surface area contributed by atoms with Crippen molar-refractivity contribution in [2.24, 2.45) is 11.3 Å². The summed E-state index contributed by atoms with van der Waals surface area (Å²) >= 11 is 0. The lowest BCUT2D eigenvalue weighted by Gasteiger charge is -2.53. The second-order valence-electron chi connectivity index (χ2n) is 17.6. The van der Waals surface area contributed by atoms with Gasteiger partial charge in [-0.1, -0.05) is 6.07 Å². The minimum Gasteiger partial charge on any atom is -0.486 e. The van der Waals surface area contributed by atoms with Crippen LogP contribution < -0.4 is 25.6 Å². The van der Waals surface area contributed by atoms with Crippen LogP contribution in [-0.2, 0) is 20.7 Å². The summed E-state index contributed by atoms with van der Waals surface area (Å²) < 4.78 is 14.0. The predicted molar refractivity (Wildman–Crippen MR) is 220 cm³/mol. The lowest BCUT2D eigenvalue weighted by Crippen LogP contribution is -2.54. The normalized spacial score (nSPS) is 24.0. The summed E-state index contributed by atoms with van der Waals surface area (Å²) in [6.45, 7) is 8.39. The second-order valence-corrected chi connectivity index (χ2v) is 17.6. The van der Waals surface area contributed by atoms with Crippen LogP contribution in [0.1, 0.15) is 88.5 Å². The van der Waals surface area contributed by atoms with Crippen molar-refractivity contribution in [3.8, 4) is 5.75 Å². The molecule has 7 heterocycles. The summed E-state index contributed by atoms with van der Waals surface area (Å²) in [6.07, 6.45) is 11.6. The van der Waals surface area contributed by atoms with Crippen molar-refractivity contribution in [1.29, 1.82) is 0 Å². The van der Waals surface area contributed by atoms with E-state index in [1.54, 1.807) is 41.3 Å². The van der Waals surface area contributed by atoms with E-state index in [0.29, 0.717) is 53.6 Å². The first-order chi connectivity index (χ1) is 29.1. The van der Waals surface area contributed by atoms with Gasteiger partial charge in [0, 0.05) is 68.7 Å². The average Bonchev–Trinajstić information content (AvgIpc) is 3.89. The minimum absolute atomic E-state index is 0.0881. The van der Waals surface area contributed by atoms with Gasteiger partial charge in [0.25, 0.3) is 17.7 Å². The summed E-state index contributed by atoms with van der Waals surface area (Å²) in [6, 6.07) is 10.1. The van der Waals surface area contributed by atoms with E-state index >= 15 is 0 Å². The number of anilines is 3. The Kier molecular flexibility index (Phi) is 9.58. The standard InChI is InChI=1S/C44H49N9O7/c1-43(24-28-20-32(34(21-35(28)60-43)51-16-18-59-19-17-51)48-39(55)30-25-47-52-13-3-11-46-38(30)52)26-50-14-9-44(10-15-50)22-27(23-44)8-12-45-31-5-2-4-29-37(31)42(58)53(41(29)57)33-6-7-36(54)49-40(33)56/h2-5,11,13,20-21,25,27,33,45H,6-10,12,14-19,22-24,26H2,1H3,(H,48,55)(H,49,54,56)/t33?,43-/m1/s1. The first-order valence-electron chi connectivity index (χ1n) is 21.1. The van der Waals surface area contributed by atoms with E-state index in [4.69, 9.17) is 9.47 Å². The molecule has 16 nitrogen and oxygen atoms in total. The van der Waals surface area contributed by atoms with Crippen molar-refractivity contribution >= 4 is 52.2 Å². The van der Waals surface area contributed by atoms with E-state index in [1.165, 1.54) is 12.8 Å². The molecule has 2 aromatic carbocycles. The number of nitrogens with zero attached hydrogens (tertiary/aromatic N) is 6. The molecule has 4 fully saturated rings. The van der Waals surface area contributed by atoms with Crippen LogP contribution >= 0.6 is 0 Å². The van der Waals surface area contributed by atoms with Crippen molar-refractivity contribution < 1.29 is 33.4 Å². The van der Waals surface area contributed by atoms with Gasteiger partial charge in [-0.3, -0.25) is 39.1 Å². The van der Waals surface area contributed by atoms with E-state index in [9.17, 15) is 24.0 Å². The van der Waals surface area contributed by atoms with E-state index in [0.717, 1.165) is 86.0 Å². The maximum absolute atomic E-state index is 13.6. The molecule has 1 saturated carbocycles. The summed E-state index contributed by atoms with van der Waals surface area (Å²) in [7, 11) is 0. The third kappa shape index (κ3) is 6.94. The highest BCUT2D eigenvalue weighted by atomic mass is 16.5. The summed E-state index contributed by atoms with van der Waals surface area (Å²) in [4.78, 5) is 74.7. The maximum Gasteiger partial charge on any atom is 0.264 e. The molecule has 0 bridgehead atoms. The third-order valence-electron chi connectivity index (χ3n) is 13.5. The van der Waals surface area contributed by atoms with Gasteiger partial charge in [0.05, 0.1) is 41.9 Å². The Bertz CT molecular complexity index is 2410. The van der Waals surface area contributed by atoms with E-state index < -0.39 is 35.3 Å². The minimum atomic E-state index is -0.984. The Labute approximate surface area is 346 Å². The number of aromatic nitrogens is 3. The van der Waals surface area contributed by atoms with Crippen LogP contribution in [0, 0.1) is 11.3 Å². The summed E-state index contributed by atoms with van der Waals surface area (Å²) in [5.41, 5.74) is 4.80. The number of likely N-dealkylation sites (tertiary alicyclic amines) is 1. The number of imide groups is 2. The van der Waals surface area contributed by atoms with Gasteiger partial charge in [-0.2, -0.15) is 5.10 Å². The molecule has 10 rings (SSSR count). The van der Waals surface area contributed by atoms with Crippen molar-refractivity contribution in [3.05, 3.63) is 77.2 Å². The lowest BCUT2D eigenvalue weighted by molar-refractivity contribution is -0.136. The molecule has 5 amide bonds. The number of morpholine rings is 1. The zero-order valence-electron chi connectivity index (χ0n) is 33.7. The number of carbonyl (C=O) groups excluding carboxylic acids is 5. The number of fused-ring (bicyclic) bond motifs is 3. The predicted octanol–water partition coefficient (Wildman–Crippen LogP) is 3.91. The number of ether oxygens (including phenoxy) is 2. The van der Waals surface area contributed by atoms with Crippen LogP contribution in [0.3, 0.4) is 0 Å². The quantitative estimate of drug-likeness (QED) is 0.197. The highest BCUT2D eigenvalue weighted by molar-refractivity contribution is 6.25. The van der Waals surface area contributed by atoms with Crippen molar-refractivity contribution in [2.75, 3.05) is 68.0 Å². The van der Waals surface area contributed by atoms with Crippen LogP contribution in [0.25, 0.3) is 5.65 Å². The molecule has 312 valence electrons. The number of rotatable bonds is 10. The molecule has 3 saturated heterocycles. The fourth-order valence-electron chi connectivity index (χ4n) is 10.5. The molecule has 1 unspecified atom stereocenters. The van der Waals surface area contributed by atoms with Crippen LogP contribution in [0.2, 0.25) is 0 Å². The number of carbonyl (C=O) groups is 5. The summed E-state index contributed by atoms with van der Waals surface area (Å²) in [5, 5.41) is 13.2. The Morgan fingerprint density at radius 1 is 1.00 bits per heavy atom. The topological polar surface area (TPSA) is 180 Å². The van der Waals surface area contributed by atoms with Crippen LogP contribution in [0.15, 0.2) is 55.0 Å². The summed E-state index contributed by atoms with van der Waals surface area (Å²) in [5.74, 6) is -0.801. The lowest BCUT2D eigenvalue weighted by atomic mass is 9.57. The molecule has 6 aliphatic rings. The number of hydrogen-bond acceptors (Lipinski definition) is 12. The monoisotopic (exact) mass is 815 g/mol. The second kappa shape index (κ2) is 15.0.